The van der Waals surface area contributed by atoms with Gasteiger partial charge in [-0.3, -0.25) is 19.4 Å². The number of thiazole rings is 1. The zero-order valence-corrected chi connectivity index (χ0v) is 34.9. The fourth-order valence-electron chi connectivity index (χ4n) is 6.26. The van der Waals surface area contributed by atoms with Crippen LogP contribution in [0.3, 0.4) is 0 Å². The summed E-state index contributed by atoms with van der Waals surface area (Å²) in [4.78, 5) is 77.4. The first kappa shape index (κ1) is 44.7. The van der Waals surface area contributed by atoms with Crippen molar-refractivity contribution in [1.82, 2.24) is 25.8 Å². The highest BCUT2D eigenvalue weighted by atomic mass is 32.2. The Morgan fingerprint density at radius 1 is 0.831 bits per heavy atom. The second-order valence-electron chi connectivity index (χ2n) is 14.4. The largest absolute Gasteiger partial charge is 0.480 e. The Kier molecular flexibility index (Phi) is 17.2. The zero-order chi connectivity index (χ0) is 42.1. The first-order valence-electron chi connectivity index (χ1n) is 19.6. The van der Waals surface area contributed by atoms with Crippen molar-refractivity contribution in [3.8, 4) is 0 Å². The minimum atomic E-state index is -1.07. The van der Waals surface area contributed by atoms with Crippen LogP contribution in [0, 0.1) is 0 Å². The molecule has 15 nitrogen and oxygen atoms in total. The number of nitrogens with two attached hydrogens (primary N) is 1. The molecule has 17 heteroatoms. The number of alkyl carbamates (subject to hydrolysis) is 1. The molecule has 3 aromatic carbocycles. The molecule has 0 radical (unpaired) electrons. The van der Waals surface area contributed by atoms with Gasteiger partial charge in [-0.15, -0.1) is 23.1 Å². The van der Waals surface area contributed by atoms with Gasteiger partial charge in [0, 0.05) is 17.9 Å². The van der Waals surface area contributed by atoms with Gasteiger partial charge in [0.15, 0.2) is 6.04 Å². The maximum absolute atomic E-state index is 14.1. The van der Waals surface area contributed by atoms with Crippen molar-refractivity contribution in [2.45, 2.75) is 75.7 Å². The maximum atomic E-state index is 14.1. The van der Waals surface area contributed by atoms with Crippen molar-refractivity contribution < 1.29 is 33.8 Å². The average molecular weight is 845 g/mol. The fraction of sp³-hybridized carbons (Fsp3) is 0.405. The topological polar surface area (TPSA) is 217 Å². The lowest BCUT2D eigenvalue weighted by Gasteiger charge is -2.26. The lowest BCUT2D eigenvalue weighted by Crippen LogP contribution is -2.56. The van der Waals surface area contributed by atoms with Crippen LogP contribution in [0.2, 0.25) is 0 Å². The Hall–Kier alpha value is -5.36. The summed E-state index contributed by atoms with van der Waals surface area (Å²) >= 11 is 2.69. The highest BCUT2D eigenvalue weighted by Gasteiger charge is 2.31. The number of carboxylic acids is 1. The number of unbranched alkanes of at least 4 members (excludes halogenated alkanes) is 2. The van der Waals surface area contributed by atoms with E-state index in [1.165, 1.54) is 23.1 Å². The number of carboxylic acid groups (broad SMARTS) is 1. The number of aromatic nitrogens is 1. The number of ether oxygens (including phenoxy) is 1. The first-order valence-corrected chi connectivity index (χ1v) is 21.4. The number of thioether (sulfide) groups is 1. The number of nitrogens with one attached hydrogen (secondary N) is 4. The predicted molar refractivity (Wildman–Crippen MR) is 232 cm³/mol. The number of amides is 4. The molecule has 1 aromatic heterocycles. The highest BCUT2D eigenvalue weighted by molar-refractivity contribution is 8.15. The van der Waals surface area contributed by atoms with Crippen molar-refractivity contribution in [3.05, 3.63) is 95.0 Å². The number of aliphatic carboxylic acids is 1. The van der Waals surface area contributed by atoms with Crippen molar-refractivity contribution in [2.75, 3.05) is 38.3 Å². The molecule has 59 heavy (non-hydrogen) atoms. The lowest BCUT2D eigenvalue weighted by molar-refractivity contribution is -0.137. The van der Waals surface area contributed by atoms with Gasteiger partial charge in [-0.2, -0.15) is 0 Å². The van der Waals surface area contributed by atoms with E-state index in [0.717, 1.165) is 28.8 Å². The summed E-state index contributed by atoms with van der Waals surface area (Å²) in [6.07, 6.45) is 2.53. The third-order valence-corrected chi connectivity index (χ3v) is 11.6. The van der Waals surface area contributed by atoms with Gasteiger partial charge >= 0.3 is 12.1 Å². The van der Waals surface area contributed by atoms with Gasteiger partial charge in [0.25, 0.3) is 0 Å². The average Bonchev–Trinajstić information content (AvgIpc) is 3.89. The number of aliphatic imine (C=N–C) groups is 1. The Morgan fingerprint density at radius 2 is 1.47 bits per heavy atom. The van der Waals surface area contributed by atoms with E-state index in [-0.39, 0.29) is 13.0 Å². The summed E-state index contributed by atoms with van der Waals surface area (Å²) in [7, 11) is 3.91. The molecular weight excluding hydrogens is 793 g/mol. The molecular formula is C42H52N8O7S2. The minimum Gasteiger partial charge on any atom is -0.480 e. The lowest BCUT2D eigenvalue weighted by atomic mass is 10.0. The van der Waals surface area contributed by atoms with Crippen molar-refractivity contribution in [1.29, 1.82) is 0 Å². The Labute approximate surface area is 352 Å². The highest BCUT2D eigenvalue weighted by Crippen LogP contribution is 2.31. The Bertz CT molecular complexity index is 2070. The first-order chi connectivity index (χ1) is 28.5. The van der Waals surface area contributed by atoms with E-state index in [1.807, 2.05) is 79.7 Å². The van der Waals surface area contributed by atoms with Gasteiger partial charge in [0.1, 0.15) is 34.8 Å². The van der Waals surface area contributed by atoms with Crippen LogP contribution in [0.15, 0.2) is 83.9 Å². The number of benzene rings is 3. The Morgan fingerprint density at radius 3 is 2.12 bits per heavy atom. The van der Waals surface area contributed by atoms with Crippen LogP contribution in [0.1, 0.15) is 54.7 Å². The standard InChI is InChI=1S/C42H52N8O7S2/c1-50(2)22-12-10-18-32(46-38(53)33(23-27-13-5-3-6-14-27)49-42(56)57-25-28-15-7-4-8-16-28)37(52)45-31(17-9-11-21-43)36(51)44-29-19-20-30-35(24-29)59-40(47-30)39-48-34(26-58-39)41(54)55/h3-8,13-16,19-20,24,31-34H,9-12,17-18,21-23,25-26,43H2,1-2H3,(H,44,51)(H,45,52)(H,46,53)(H,49,56)(H,54,55). The molecule has 314 valence electrons. The van der Waals surface area contributed by atoms with E-state index >= 15 is 0 Å². The van der Waals surface area contributed by atoms with Crippen LogP contribution in [-0.4, -0.2) is 107 Å². The molecule has 0 spiro atoms. The summed E-state index contributed by atoms with van der Waals surface area (Å²) in [6, 6.07) is 19.8. The summed E-state index contributed by atoms with van der Waals surface area (Å²) in [5.41, 5.74) is 8.52. The number of rotatable bonds is 22. The summed E-state index contributed by atoms with van der Waals surface area (Å²) < 4.78 is 6.21. The molecule has 4 amide bonds. The zero-order valence-electron chi connectivity index (χ0n) is 33.2. The predicted octanol–water partition coefficient (Wildman–Crippen LogP) is 4.55. The molecule has 0 saturated carbocycles. The van der Waals surface area contributed by atoms with Crippen molar-refractivity contribution in [3.63, 3.8) is 0 Å². The van der Waals surface area contributed by atoms with Crippen LogP contribution in [0.25, 0.3) is 10.2 Å². The van der Waals surface area contributed by atoms with Crippen LogP contribution in [0.5, 0.6) is 0 Å². The third-order valence-electron chi connectivity index (χ3n) is 9.44. The molecule has 5 rings (SSSR count). The van der Waals surface area contributed by atoms with Crippen molar-refractivity contribution in [2.24, 2.45) is 10.7 Å². The van der Waals surface area contributed by atoms with Crippen LogP contribution in [0.4, 0.5) is 10.5 Å². The van der Waals surface area contributed by atoms with E-state index in [1.54, 1.807) is 18.2 Å². The summed E-state index contributed by atoms with van der Waals surface area (Å²) in [6.45, 7) is 1.21. The normalized spacial score (nSPS) is 15.2. The molecule has 1 aliphatic rings. The van der Waals surface area contributed by atoms with Crippen LogP contribution in [-0.2, 0) is 36.9 Å². The van der Waals surface area contributed by atoms with Gasteiger partial charge in [0.2, 0.25) is 17.7 Å². The van der Waals surface area contributed by atoms with E-state index in [0.29, 0.717) is 65.7 Å². The molecule has 0 aliphatic carbocycles. The molecule has 0 fully saturated rings. The van der Waals surface area contributed by atoms with Gasteiger partial charge < -0.3 is 41.7 Å². The number of hydrogen-bond donors (Lipinski definition) is 6. The van der Waals surface area contributed by atoms with Gasteiger partial charge in [0.05, 0.1) is 10.2 Å². The van der Waals surface area contributed by atoms with E-state index in [4.69, 9.17) is 10.5 Å². The van der Waals surface area contributed by atoms with Crippen LogP contribution < -0.4 is 27.0 Å². The third kappa shape index (κ3) is 14.2. The molecule has 4 atom stereocenters. The summed E-state index contributed by atoms with van der Waals surface area (Å²) in [5, 5.41) is 21.9. The number of hydrogen-bond acceptors (Lipinski definition) is 12. The molecule has 4 aromatic rings. The molecule has 2 heterocycles. The number of anilines is 1. The second-order valence-corrected chi connectivity index (χ2v) is 16.5. The van der Waals surface area contributed by atoms with Gasteiger partial charge in [-0.05, 0) is 95.0 Å². The van der Waals surface area contributed by atoms with Gasteiger partial charge in [-0.25, -0.2) is 14.6 Å². The molecule has 4 unspecified atom stereocenters. The molecule has 0 bridgehead atoms. The molecule has 0 saturated heterocycles. The van der Waals surface area contributed by atoms with Gasteiger partial charge in [-0.1, -0.05) is 60.7 Å². The maximum Gasteiger partial charge on any atom is 0.408 e. The fourth-order valence-corrected chi connectivity index (χ4v) is 8.36. The summed E-state index contributed by atoms with van der Waals surface area (Å²) in [5.74, 6) is -2.18. The SMILES string of the molecule is CN(C)CCCCC(NC(=O)C(Cc1ccccc1)NC(=O)OCc1ccccc1)C(=O)NC(CCCCN)C(=O)Nc1ccc2nc(C3=NC(C(=O)O)CS3)sc2c1. The number of fused-ring (bicyclic) bond motifs is 1. The number of carbonyl (C=O) groups excluding carboxylic acids is 4. The smallest absolute Gasteiger partial charge is 0.408 e. The van der Waals surface area contributed by atoms with E-state index < -0.39 is 54.0 Å². The number of nitrogens with zero attached hydrogens (tertiary/aromatic N) is 3. The molecule has 1 aliphatic heterocycles. The minimum absolute atomic E-state index is 0.0138. The quantitative estimate of drug-likeness (QED) is 0.0604. The Balaban J connectivity index is 1.30. The monoisotopic (exact) mass is 844 g/mol. The van der Waals surface area contributed by atoms with Crippen molar-refractivity contribution >= 4 is 73.8 Å². The second kappa shape index (κ2) is 22.7. The van der Waals surface area contributed by atoms with E-state index in [2.05, 4.69) is 31.2 Å². The van der Waals surface area contributed by atoms with E-state index in [9.17, 15) is 29.1 Å². The van der Waals surface area contributed by atoms with Crippen LogP contribution >= 0.6 is 23.1 Å². The number of carbonyl (C=O) groups is 5. The molecule has 7 N–H and O–H groups in total.